The number of nitrogens with zero attached hydrogens (tertiary/aromatic N) is 3. The first kappa shape index (κ1) is 41.8. The van der Waals surface area contributed by atoms with Gasteiger partial charge in [0.2, 0.25) is 17.7 Å². The van der Waals surface area contributed by atoms with Crippen LogP contribution in [0.15, 0.2) is 66.9 Å². The van der Waals surface area contributed by atoms with Crippen molar-refractivity contribution in [1.82, 2.24) is 30.4 Å². The molecule has 0 saturated carbocycles. The number of H-pyrrole nitrogens is 1. The van der Waals surface area contributed by atoms with Crippen LogP contribution in [0.25, 0.3) is 33.5 Å². The average Bonchev–Trinajstić information content (AvgIpc) is 4.05. The molecule has 0 spiro atoms. The minimum absolute atomic E-state index is 0.145. The van der Waals surface area contributed by atoms with Crippen molar-refractivity contribution in [3.8, 4) is 33.5 Å². The zero-order valence-corrected chi connectivity index (χ0v) is 34.1. The van der Waals surface area contributed by atoms with E-state index < -0.39 is 48.1 Å². The lowest BCUT2D eigenvalue weighted by Gasteiger charge is -2.30. The topological polar surface area (TPSA) is 186 Å². The van der Waals surface area contributed by atoms with E-state index in [4.69, 9.17) is 9.84 Å². The van der Waals surface area contributed by atoms with Crippen molar-refractivity contribution in [3.05, 3.63) is 83.8 Å². The van der Waals surface area contributed by atoms with Crippen molar-refractivity contribution in [1.29, 1.82) is 0 Å². The number of ether oxygens (including phenoxy) is 1. The van der Waals surface area contributed by atoms with Crippen LogP contribution in [0.5, 0.6) is 0 Å². The summed E-state index contributed by atoms with van der Waals surface area (Å²) in [6.07, 6.45) is 2.08. The van der Waals surface area contributed by atoms with Crippen molar-refractivity contribution in [2.75, 3.05) is 25.5 Å². The number of alkyl carbamates (subject to hydrolysis) is 1. The molecule has 3 aromatic carbocycles. The van der Waals surface area contributed by atoms with E-state index in [9.17, 15) is 24.0 Å². The SMILES string of the molecule is COC(=O)N[C@H](C(=O)N1CCCC1C(=O)Nc1cccc(-c2ccc3c(c2)C(F)(F)c2cc(-c4cnc([C@@H]5CCCN5C(=O)[C@@H](C)C(C)NC(=O)O)[nH]4)ccc2-3)c1)C(C)C. The molecule has 5 N–H and O–H groups in total. The summed E-state index contributed by atoms with van der Waals surface area (Å²) in [5.74, 6) is -4.61. The summed E-state index contributed by atoms with van der Waals surface area (Å²) in [7, 11) is 1.22. The number of anilines is 1. The number of fused-ring (bicyclic) bond motifs is 3. The molecule has 16 heteroatoms. The zero-order chi connectivity index (χ0) is 43.0. The van der Waals surface area contributed by atoms with Crippen LogP contribution in [0.4, 0.5) is 24.1 Å². The molecule has 2 fully saturated rings. The number of nitrogens with one attached hydrogen (secondary N) is 4. The van der Waals surface area contributed by atoms with E-state index in [0.717, 1.165) is 6.42 Å². The molecule has 2 saturated heterocycles. The van der Waals surface area contributed by atoms with Crippen molar-refractivity contribution in [3.63, 3.8) is 0 Å². The number of likely N-dealkylation sites (tertiary alicyclic amines) is 2. The first-order chi connectivity index (χ1) is 28.6. The van der Waals surface area contributed by atoms with Gasteiger partial charge in [0.1, 0.15) is 17.9 Å². The number of benzene rings is 3. The molecule has 5 amide bonds. The average molecular weight is 826 g/mol. The fourth-order valence-electron chi connectivity index (χ4n) is 8.52. The molecule has 1 aliphatic carbocycles. The van der Waals surface area contributed by atoms with Gasteiger partial charge in [-0.1, -0.05) is 57.2 Å². The quantitative estimate of drug-likeness (QED) is 0.106. The van der Waals surface area contributed by atoms with Crippen molar-refractivity contribution >= 4 is 35.6 Å². The van der Waals surface area contributed by atoms with Crippen LogP contribution in [0, 0.1) is 11.8 Å². The van der Waals surface area contributed by atoms with Gasteiger partial charge < -0.3 is 40.6 Å². The second kappa shape index (κ2) is 16.7. The number of aromatic nitrogens is 2. The number of hydrogen-bond acceptors (Lipinski definition) is 7. The molecular weight excluding hydrogens is 777 g/mol. The van der Waals surface area contributed by atoms with E-state index in [-0.39, 0.29) is 34.9 Å². The highest BCUT2D eigenvalue weighted by atomic mass is 19.3. The summed E-state index contributed by atoms with van der Waals surface area (Å²) in [5.41, 5.74) is 3.14. The Morgan fingerprint density at radius 1 is 0.850 bits per heavy atom. The van der Waals surface area contributed by atoms with Crippen LogP contribution >= 0.6 is 0 Å². The van der Waals surface area contributed by atoms with Crippen LogP contribution in [-0.2, 0) is 25.0 Å². The summed E-state index contributed by atoms with van der Waals surface area (Å²) in [5, 5.41) is 16.9. The van der Waals surface area contributed by atoms with Gasteiger partial charge in [-0.3, -0.25) is 14.4 Å². The summed E-state index contributed by atoms with van der Waals surface area (Å²) in [6, 6.07) is 14.1. The van der Waals surface area contributed by atoms with Crippen LogP contribution in [-0.4, -0.2) is 93.1 Å². The van der Waals surface area contributed by atoms with Crippen LogP contribution in [0.2, 0.25) is 0 Å². The first-order valence-corrected chi connectivity index (χ1v) is 20.2. The van der Waals surface area contributed by atoms with E-state index in [1.807, 2.05) is 0 Å². The molecule has 4 aromatic rings. The molecule has 316 valence electrons. The van der Waals surface area contributed by atoms with Gasteiger partial charge in [-0.2, -0.15) is 8.78 Å². The predicted molar refractivity (Wildman–Crippen MR) is 219 cm³/mol. The minimum Gasteiger partial charge on any atom is -0.465 e. The second-order valence-corrected chi connectivity index (χ2v) is 16.1. The molecular formula is C44H49F2N7O7. The largest absolute Gasteiger partial charge is 0.465 e. The van der Waals surface area contributed by atoms with E-state index >= 15 is 8.78 Å². The number of halogens is 2. The van der Waals surface area contributed by atoms with Gasteiger partial charge in [0, 0.05) is 41.5 Å². The van der Waals surface area contributed by atoms with Gasteiger partial charge in [-0.05, 0) is 85.0 Å². The van der Waals surface area contributed by atoms with E-state index in [0.29, 0.717) is 77.4 Å². The molecule has 7 rings (SSSR count). The maximum atomic E-state index is 16.4. The summed E-state index contributed by atoms with van der Waals surface area (Å²) in [6.45, 7) is 7.77. The Hall–Kier alpha value is -6.32. The Morgan fingerprint density at radius 2 is 1.50 bits per heavy atom. The fraction of sp³-hybridized carbons (Fsp3) is 0.409. The molecule has 2 aliphatic heterocycles. The molecule has 0 radical (unpaired) electrons. The van der Waals surface area contributed by atoms with Gasteiger partial charge in [-0.25, -0.2) is 14.6 Å². The Morgan fingerprint density at radius 3 is 2.18 bits per heavy atom. The molecule has 2 unspecified atom stereocenters. The molecule has 1 aromatic heterocycles. The monoisotopic (exact) mass is 825 g/mol. The van der Waals surface area contributed by atoms with Crippen LogP contribution < -0.4 is 16.0 Å². The Bertz CT molecular complexity index is 2330. The third-order valence-electron chi connectivity index (χ3n) is 11.9. The maximum Gasteiger partial charge on any atom is 0.407 e. The van der Waals surface area contributed by atoms with Crippen molar-refractivity contribution in [2.45, 2.75) is 83.5 Å². The molecule has 3 aliphatic rings. The van der Waals surface area contributed by atoms with Crippen molar-refractivity contribution in [2.24, 2.45) is 11.8 Å². The number of aromatic amines is 1. The number of amides is 5. The Kier molecular flexibility index (Phi) is 11.7. The molecule has 3 heterocycles. The summed E-state index contributed by atoms with van der Waals surface area (Å²) >= 11 is 0. The maximum absolute atomic E-state index is 16.4. The third kappa shape index (κ3) is 8.02. The van der Waals surface area contributed by atoms with E-state index in [1.165, 1.54) is 24.1 Å². The van der Waals surface area contributed by atoms with E-state index in [2.05, 4.69) is 25.9 Å². The lowest BCUT2D eigenvalue weighted by molar-refractivity contribution is -0.139. The lowest BCUT2D eigenvalue weighted by Crippen LogP contribution is -2.54. The number of carboxylic acid groups (broad SMARTS) is 1. The highest BCUT2D eigenvalue weighted by Crippen LogP contribution is 2.52. The summed E-state index contributed by atoms with van der Waals surface area (Å²) in [4.78, 5) is 74.5. The number of alkyl halides is 2. The number of imidazole rings is 1. The second-order valence-electron chi connectivity index (χ2n) is 16.1. The number of carbonyl (C=O) groups is 5. The number of hydrogen-bond donors (Lipinski definition) is 5. The van der Waals surface area contributed by atoms with Gasteiger partial charge >= 0.3 is 12.2 Å². The van der Waals surface area contributed by atoms with Crippen LogP contribution in [0.3, 0.4) is 0 Å². The lowest BCUT2D eigenvalue weighted by atomic mass is 9.98. The highest BCUT2D eigenvalue weighted by Gasteiger charge is 2.45. The smallest absolute Gasteiger partial charge is 0.407 e. The zero-order valence-electron chi connectivity index (χ0n) is 34.1. The summed E-state index contributed by atoms with van der Waals surface area (Å²) < 4.78 is 37.5. The Labute approximate surface area is 346 Å². The minimum atomic E-state index is -3.33. The van der Waals surface area contributed by atoms with Gasteiger partial charge in [0.15, 0.2) is 0 Å². The standard InChI is InChI=1S/C44H49F2N7O7/c1-23(2)37(51-43(59)60-5)41(56)53-18-8-12-36(53)39(54)49-29-10-6-9-26(19-29)27-13-15-30-31-16-14-28(21-33(31)44(45,46)32(30)20-27)34-22-47-38(50-34)35-11-7-17-52(35)40(55)24(3)25(4)48-42(57)58/h6,9-10,13-16,19-25,35-37,48H,7-8,11-12,17-18H2,1-5H3,(H,47,50)(H,49,54)(H,51,59)(H,57,58)/t24-,25?,35-,36?,37-/m0/s1. The first-order valence-electron chi connectivity index (χ1n) is 20.2. The normalized spacial score (nSPS) is 19.3. The fourth-order valence-corrected chi connectivity index (χ4v) is 8.52. The van der Waals surface area contributed by atoms with Crippen LogP contribution in [0.1, 0.15) is 76.4 Å². The van der Waals surface area contributed by atoms with E-state index in [1.54, 1.807) is 87.3 Å². The van der Waals surface area contributed by atoms with Gasteiger partial charge in [-0.15, -0.1) is 0 Å². The molecule has 0 bridgehead atoms. The van der Waals surface area contributed by atoms with Gasteiger partial charge in [0.05, 0.1) is 31.0 Å². The molecule has 14 nitrogen and oxygen atoms in total. The number of rotatable bonds is 11. The van der Waals surface area contributed by atoms with Crippen molar-refractivity contribution < 1.29 is 42.6 Å². The Balaban J connectivity index is 1.06. The number of methoxy groups -OCH3 is 1. The predicted octanol–water partition coefficient (Wildman–Crippen LogP) is 7.13. The molecule has 60 heavy (non-hydrogen) atoms. The molecule has 5 atom stereocenters. The highest BCUT2D eigenvalue weighted by molar-refractivity contribution is 5.99. The number of carbonyl (C=O) groups excluding carboxylic acids is 4. The van der Waals surface area contributed by atoms with Gasteiger partial charge in [0.25, 0.3) is 5.92 Å². The third-order valence-corrected chi connectivity index (χ3v) is 11.9.